The fraction of sp³-hybridized carbons (Fsp3) is 0.323. The van der Waals surface area contributed by atoms with E-state index in [0.717, 1.165) is 27.8 Å². The summed E-state index contributed by atoms with van der Waals surface area (Å²) in [5, 5.41) is 14.9. The van der Waals surface area contributed by atoms with Crippen molar-refractivity contribution < 1.29 is 29.0 Å². The maximum absolute atomic E-state index is 13.0. The highest BCUT2D eigenvalue weighted by molar-refractivity contribution is 5.89. The average molecular weight is 531 g/mol. The van der Waals surface area contributed by atoms with E-state index in [-0.39, 0.29) is 19.1 Å². The van der Waals surface area contributed by atoms with E-state index in [1.165, 1.54) is 0 Å². The Hall–Kier alpha value is -4.17. The molecule has 0 bridgehead atoms. The van der Waals surface area contributed by atoms with Crippen LogP contribution in [0.4, 0.5) is 4.79 Å². The van der Waals surface area contributed by atoms with Crippen molar-refractivity contribution in [1.29, 1.82) is 0 Å². The molecule has 3 aromatic carbocycles. The topological polar surface area (TPSA) is 114 Å². The molecule has 4 rings (SSSR count). The number of hydrogen-bond donors (Lipinski definition) is 3. The third kappa shape index (κ3) is 6.83. The zero-order chi connectivity index (χ0) is 27.8. The Morgan fingerprint density at radius 2 is 1.46 bits per heavy atom. The Bertz CT molecular complexity index is 1250. The van der Waals surface area contributed by atoms with Crippen LogP contribution in [0.15, 0.2) is 78.9 Å². The van der Waals surface area contributed by atoms with Gasteiger partial charge in [0, 0.05) is 5.92 Å². The molecule has 3 N–H and O–H groups in total. The van der Waals surface area contributed by atoms with Crippen molar-refractivity contribution in [3.8, 4) is 11.1 Å². The number of aliphatic carboxylic acids is 1. The highest BCUT2D eigenvalue weighted by Crippen LogP contribution is 2.44. The minimum Gasteiger partial charge on any atom is -0.480 e. The van der Waals surface area contributed by atoms with Crippen molar-refractivity contribution in [3.05, 3.63) is 95.6 Å². The van der Waals surface area contributed by atoms with E-state index in [1.807, 2.05) is 73.7 Å². The number of benzene rings is 3. The summed E-state index contributed by atoms with van der Waals surface area (Å²) < 4.78 is 11.3. The molecular formula is C31H34N2O6. The lowest BCUT2D eigenvalue weighted by atomic mass is 9.98. The van der Waals surface area contributed by atoms with Gasteiger partial charge >= 0.3 is 12.1 Å². The molecule has 0 heterocycles. The molecule has 0 radical (unpaired) electrons. The molecule has 1 aliphatic carbocycles. The lowest BCUT2D eigenvalue weighted by Crippen LogP contribution is -2.55. The van der Waals surface area contributed by atoms with Crippen molar-refractivity contribution in [3.63, 3.8) is 0 Å². The van der Waals surface area contributed by atoms with Crippen molar-refractivity contribution in [2.45, 2.75) is 57.4 Å². The van der Waals surface area contributed by atoms with Gasteiger partial charge in [-0.05, 0) is 41.2 Å². The quantitative estimate of drug-likeness (QED) is 0.308. The number of alkyl carbamates (subject to hydrolysis) is 1. The zero-order valence-corrected chi connectivity index (χ0v) is 22.1. The molecule has 39 heavy (non-hydrogen) atoms. The van der Waals surface area contributed by atoms with Crippen LogP contribution in [0.3, 0.4) is 0 Å². The summed E-state index contributed by atoms with van der Waals surface area (Å²) in [4.78, 5) is 37.8. The normalized spacial score (nSPS) is 14.4. The van der Waals surface area contributed by atoms with E-state index < -0.39 is 36.2 Å². The molecule has 1 aliphatic rings. The minimum absolute atomic E-state index is 0.111. The number of nitrogens with one attached hydrogen (secondary N) is 2. The minimum atomic E-state index is -1.29. The second kappa shape index (κ2) is 13.1. The van der Waals surface area contributed by atoms with Gasteiger partial charge < -0.3 is 25.2 Å². The number of rotatable bonds is 12. The van der Waals surface area contributed by atoms with Crippen molar-refractivity contribution >= 4 is 18.0 Å². The number of hydrogen-bond acceptors (Lipinski definition) is 5. The Morgan fingerprint density at radius 1 is 0.872 bits per heavy atom. The molecule has 0 saturated carbocycles. The van der Waals surface area contributed by atoms with Crippen molar-refractivity contribution in [2.24, 2.45) is 0 Å². The monoisotopic (exact) mass is 530 g/mol. The first-order valence-electron chi connectivity index (χ1n) is 13.2. The van der Waals surface area contributed by atoms with Gasteiger partial charge in [0.15, 0.2) is 6.04 Å². The highest BCUT2D eigenvalue weighted by Gasteiger charge is 2.32. The molecule has 8 heteroatoms. The first kappa shape index (κ1) is 27.9. The first-order valence-corrected chi connectivity index (χ1v) is 13.2. The SMILES string of the molecule is CCC[C@H](NC(=O)OCC1c2ccccc2-c2ccccc21)C(=O)NC(C(=O)O)C(C)OCc1ccccc1. The van der Waals surface area contributed by atoms with Gasteiger partial charge in [0.25, 0.3) is 0 Å². The number of carbonyl (C=O) groups excluding carboxylic acids is 2. The third-order valence-corrected chi connectivity index (χ3v) is 6.92. The molecule has 0 saturated heterocycles. The van der Waals surface area contributed by atoms with Gasteiger partial charge in [-0.1, -0.05) is 92.2 Å². The summed E-state index contributed by atoms with van der Waals surface area (Å²) in [6.45, 7) is 3.79. The lowest BCUT2D eigenvalue weighted by Gasteiger charge is -2.25. The van der Waals surface area contributed by atoms with Crippen LogP contribution >= 0.6 is 0 Å². The predicted octanol–water partition coefficient (Wildman–Crippen LogP) is 4.87. The van der Waals surface area contributed by atoms with Gasteiger partial charge in [-0.3, -0.25) is 4.79 Å². The second-order valence-electron chi connectivity index (χ2n) is 9.64. The van der Waals surface area contributed by atoms with E-state index in [0.29, 0.717) is 12.8 Å². The fourth-order valence-corrected chi connectivity index (χ4v) is 4.87. The van der Waals surface area contributed by atoms with Crippen molar-refractivity contribution in [1.82, 2.24) is 10.6 Å². The van der Waals surface area contributed by atoms with Crippen LogP contribution in [0.25, 0.3) is 11.1 Å². The number of fused-ring (bicyclic) bond motifs is 3. The molecule has 3 atom stereocenters. The van der Waals surface area contributed by atoms with Gasteiger partial charge in [0.1, 0.15) is 12.6 Å². The smallest absolute Gasteiger partial charge is 0.407 e. The zero-order valence-electron chi connectivity index (χ0n) is 22.1. The van der Waals surface area contributed by atoms with E-state index >= 15 is 0 Å². The first-order chi connectivity index (χ1) is 18.9. The van der Waals surface area contributed by atoms with Gasteiger partial charge in [-0.2, -0.15) is 0 Å². The Labute approximate surface area is 228 Å². The van der Waals surface area contributed by atoms with Gasteiger partial charge in [-0.25, -0.2) is 9.59 Å². The average Bonchev–Trinajstić information content (AvgIpc) is 3.27. The summed E-state index contributed by atoms with van der Waals surface area (Å²) >= 11 is 0. The molecule has 0 fully saturated rings. The van der Waals surface area contributed by atoms with Gasteiger partial charge in [0.05, 0.1) is 12.7 Å². The van der Waals surface area contributed by atoms with E-state index in [2.05, 4.69) is 22.8 Å². The van der Waals surface area contributed by atoms with E-state index in [9.17, 15) is 19.5 Å². The Kier molecular flexibility index (Phi) is 9.33. The van der Waals surface area contributed by atoms with Crippen LogP contribution < -0.4 is 10.6 Å². The molecule has 204 valence electrons. The molecule has 0 aliphatic heterocycles. The number of carbonyl (C=O) groups is 3. The lowest BCUT2D eigenvalue weighted by molar-refractivity contribution is -0.146. The van der Waals surface area contributed by atoms with Crippen LogP contribution in [0.5, 0.6) is 0 Å². The fourth-order valence-electron chi connectivity index (χ4n) is 4.87. The van der Waals surface area contributed by atoms with Crippen LogP contribution in [-0.2, 0) is 25.7 Å². The predicted molar refractivity (Wildman–Crippen MR) is 147 cm³/mol. The number of carboxylic acid groups (broad SMARTS) is 1. The molecule has 2 unspecified atom stereocenters. The Morgan fingerprint density at radius 3 is 2.05 bits per heavy atom. The molecular weight excluding hydrogens is 496 g/mol. The van der Waals surface area contributed by atoms with Crippen LogP contribution in [-0.4, -0.2) is 47.9 Å². The summed E-state index contributed by atoms with van der Waals surface area (Å²) in [5.41, 5.74) is 5.30. The maximum Gasteiger partial charge on any atom is 0.407 e. The summed E-state index contributed by atoms with van der Waals surface area (Å²) in [7, 11) is 0. The molecule has 8 nitrogen and oxygen atoms in total. The van der Waals surface area contributed by atoms with Crippen LogP contribution in [0.2, 0.25) is 0 Å². The van der Waals surface area contributed by atoms with E-state index in [4.69, 9.17) is 9.47 Å². The molecule has 0 aromatic heterocycles. The van der Waals surface area contributed by atoms with Crippen LogP contribution in [0, 0.1) is 0 Å². The number of amides is 2. The molecule has 0 spiro atoms. The summed E-state index contributed by atoms with van der Waals surface area (Å²) in [6, 6.07) is 23.2. The van der Waals surface area contributed by atoms with Gasteiger partial charge in [0.2, 0.25) is 5.91 Å². The largest absolute Gasteiger partial charge is 0.480 e. The highest BCUT2D eigenvalue weighted by atomic mass is 16.5. The number of ether oxygens (including phenoxy) is 2. The van der Waals surface area contributed by atoms with Crippen molar-refractivity contribution in [2.75, 3.05) is 6.61 Å². The van der Waals surface area contributed by atoms with Crippen LogP contribution in [0.1, 0.15) is 49.3 Å². The summed E-state index contributed by atoms with van der Waals surface area (Å²) in [5.74, 6) is -1.94. The third-order valence-electron chi connectivity index (χ3n) is 6.92. The number of carboxylic acids is 1. The van der Waals surface area contributed by atoms with Gasteiger partial charge in [-0.15, -0.1) is 0 Å². The molecule has 3 aromatic rings. The second-order valence-corrected chi connectivity index (χ2v) is 9.64. The maximum atomic E-state index is 13.0. The Balaban J connectivity index is 1.35. The molecule has 2 amide bonds. The summed E-state index contributed by atoms with van der Waals surface area (Å²) in [6.07, 6.45) is -0.615. The van der Waals surface area contributed by atoms with E-state index in [1.54, 1.807) is 6.92 Å². The standard InChI is InChI=1S/C31H34N2O6/c1-3-11-27(29(34)33-28(30(35)36)20(2)38-18-21-12-5-4-6-13-21)32-31(37)39-19-26-24-16-9-7-14-22(24)23-15-8-10-17-25(23)26/h4-10,12-17,20,26-28H,3,11,18-19H2,1-2H3,(H,32,37)(H,33,34)(H,35,36)/t20?,27-,28?/m0/s1.